The van der Waals surface area contributed by atoms with Crippen molar-refractivity contribution < 1.29 is 14.6 Å². The third-order valence-corrected chi connectivity index (χ3v) is 1.90. The predicted molar refractivity (Wildman–Crippen MR) is 41.7 cm³/mol. The normalized spacial score (nSPS) is 22.1. The summed E-state index contributed by atoms with van der Waals surface area (Å²) in [6, 6.07) is 6.93. The van der Waals surface area contributed by atoms with Gasteiger partial charge in [0.15, 0.2) is 12.1 Å². The molecule has 1 aromatic rings. The highest BCUT2D eigenvalue weighted by molar-refractivity contribution is 5.99. The Morgan fingerprint density at radius 2 is 2.17 bits per heavy atom. The molecule has 1 atom stereocenters. The minimum atomic E-state index is -0.945. The number of aliphatic hydroxyl groups is 1. The molecule has 1 unspecified atom stereocenters. The second kappa shape index (κ2) is 2.69. The molecular weight excluding hydrogens is 156 g/mol. The lowest BCUT2D eigenvalue weighted by molar-refractivity contribution is -0.0992. The monoisotopic (exact) mass is 164 g/mol. The number of hydrogen-bond acceptors (Lipinski definition) is 3. The van der Waals surface area contributed by atoms with Crippen LogP contribution >= 0.6 is 0 Å². The maximum atomic E-state index is 11.2. The first-order chi connectivity index (χ1) is 5.79. The van der Waals surface area contributed by atoms with Crippen molar-refractivity contribution in [3.63, 3.8) is 0 Å². The number of fused-ring (bicyclic) bond motifs is 1. The molecule has 0 fully saturated rings. The van der Waals surface area contributed by atoms with Gasteiger partial charge in [0.1, 0.15) is 6.61 Å². The average Bonchev–Trinajstić information content (AvgIpc) is 2.12. The molecular formula is C9H8O3. The van der Waals surface area contributed by atoms with Gasteiger partial charge in [-0.05, 0) is 0 Å². The van der Waals surface area contributed by atoms with Crippen molar-refractivity contribution in [1.29, 1.82) is 0 Å². The quantitative estimate of drug-likeness (QED) is 0.619. The lowest BCUT2D eigenvalue weighted by Gasteiger charge is -2.20. The molecule has 0 spiro atoms. The minimum Gasteiger partial charge on any atom is -0.364 e. The van der Waals surface area contributed by atoms with Crippen molar-refractivity contribution in [2.45, 2.75) is 6.29 Å². The molecule has 62 valence electrons. The molecule has 0 radical (unpaired) electrons. The van der Waals surface area contributed by atoms with Gasteiger partial charge in [0, 0.05) is 11.1 Å². The average molecular weight is 164 g/mol. The molecule has 1 aliphatic heterocycles. The number of Topliss-reactive ketones (excluding diaryl/α,β-unsaturated/α-hetero) is 1. The van der Waals surface area contributed by atoms with Crippen molar-refractivity contribution in [1.82, 2.24) is 0 Å². The number of aliphatic hydroxyl groups excluding tert-OH is 1. The second-order valence-corrected chi connectivity index (χ2v) is 2.67. The van der Waals surface area contributed by atoms with Gasteiger partial charge < -0.3 is 9.84 Å². The van der Waals surface area contributed by atoms with Crippen LogP contribution in [0.25, 0.3) is 0 Å². The van der Waals surface area contributed by atoms with Crippen molar-refractivity contribution in [2.24, 2.45) is 0 Å². The zero-order valence-electron chi connectivity index (χ0n) is 6.36. The minimum absolute atomic E-state index is 0.0296. The number of ether oxygens (including phenoxy) is 1. The summed E-state index contributed by atoms with van der Waals surface area (Å²) in [7, 11) is 0. The van der Waals surface area contributed by atoms with Crippen LogP contribution in [0.2, 0.25) is 0 Å². The highest BCUT2D eigenvalue weighted by Crippen LogP contribution is 2.23. The molecule has 0 amide bonds. The van der Waals surface area contributed by atoms with E-state index in [0.29, 0.717) is 11.1 Å². The predicted octanol–water partition coefficient (Wildman–Crippen LogP) is 0.890. The molecule has 1 heterocycles. The van der Waals surface area contributed by atoms with Gasteiger partial charge in [0.2, 0.25) is 0 Å². The first kappa shape index (κ1) is 7.46. The Kier molecular flexibility index (Phi) is 1.67. The lowest BCUT2D eigenvalue weighted by Crippen LogP contribution is -2.21. The first-order valence-corrected chi connectivity index (χ1v) is 3.71. The standard InChI is InChI=1S/C9H8O3/c10-8-5-12-9(11)7-4-2-1-3-6(7)8/h1-4,9,11H,5H2. The molecule has 3 nitrogen and oxygen atoms in total. The molecule has 0 saturated heterocycles. The zero-order valence-corrected chi connectivity index (χ0v) is 6.36. The van der Waals surface area contributed by atoms with E-state index in [9.17, 15) is 9.90 Å². The smallest absolute Gasteiger partial charge is 0.189 e. The molecule has 12 heavy (non-hydrogen) atoms. The topological polar surface area (TPSA) is 46.5 Å². The van der Waals surface area contributed by atoms with Crippen LogP contribution in [-0.2, 0) is 4.74 Å². The Labute approximate surface area is 69.6 Å². The Morgan fingerprint density at radius 1 is 1.42 bits per heavy atom. The molecule has 1 aromatic carbocycles. The zero-order chi connectivity index (χ0) is 8.55. The van der Waals surface area contributed by atoms with Crippen LogP contribution in [-0.4, -0.2) is 17.5 Å². The van der Waals surface area contributed by atoms with Crippen molar-refractivity contribution in [3.8, 4) is 0 Å². The van der Waals surface area contributed by atoms with Crippen LogP contribution in [0.5, 0.6) is 0 Å². The van der Waals surface area contributed by atoms with Crippen LogP contribution in [0.4, 0.5) is 0 Å². The largest absolute Gasteiger partial charge is 0.364 e. The van der Waals surface area contributed by atoms with Crippen LogP contribution in [0.3, 0.4) is 0 Å². The highest BCUT2D eigenvalue weighted by Gasteiger charge is 2.23. The number of benzene rings is 1. The van der Waals surface area contributed by atoms with Gasteiger partial charge in [-0.1, -0.05) is 24.3 Å². The van der Waals surface area contributed by atoms with E-state index in [1.807, 2.05) is 0 Å². The van der Waals surface area contributed by atoms with Crippen LogP contribution in [0.15, 0.2) is 24.3 Å². The van der Waals surface area contributed by atoms with E-state index in [-0.39, 0.29) is 12.4 Å². The number of rotatable bonds is 0. The number of ketones is 1. The Morgan fingerprint density at radius 3 is 2.92 bits per heavy atom. The SMILES string of the molecule is O=C1COC(O)c2ccccc21. The van der Waals surface area contributed by atoms with Crippen LogP contribution < -0.4 is 0 Å². The van der Waals surface area contributed by atoms with Crippen LogP contribution in [0, 0.1) is 0 Å². The fourth-order valence-corrected chi connectivity index (χ4v) is 1.29. The van der Waals surface area contributed by atoms with E-state index >= 15 is 0 Å². The Bertz CT molecular complexity index is 319. The highest BCUT2D eigenvalue weighted by atomic mass is 16.6. The number of carbonyl (C=O) groups is 1. The van der Waals surface area contributed by atoms with E-state index in [4.69, 9.17) is 4.74 Å². The van der Waals surface area contributed by atoms with E-state index in [1.165, 1.54) is 0 Å². The Hall–Kier alpha value is -1.19. The lowest BCUT2D eigenvalue weighted by atomic mass is 10.0. The van der Waals surface area contributed by atoms with Crippen molar-refractivity contribution >= 4 is 5.78 Å². The summed E-state index contributed by atoms with van der Waals surface area (Å²) in [6.45, 7) is -0.0296. The van der Waals surface area contributed by atoms with Gasteiger partial charge in [-0.25, -0.2) is 0 Å². The molecule has 0 bridgehead atoms. The molecule has 1 N–H and O–H groups in total. The fraction of sp³-hybridized carbons (Fsp3) is 0.222. The van der Waals surface area contributed by atoms with E-state index in [1.54, 1.807) is 24.3 Å². The van der Waals surface area contributed by atoms with Crippen LogP contribution in [0.1, 0.15) is 22.2 Å². The fourth-order valence-electron chi connectivity index (χ4n) is 1.29. The van der Waals surface area contributed by atoms with Gasteiger partial charge in [-0.2, -0.15) is 0 Å². The summed E-state index contributed by atoms with van der Waals surface area (Å²) in [5, 5.41) is 9.30. The van der Waals surface area contributed by atoms with Crippen molar-refractivity contribution in [2.75, 3.05) is 6.61 Å². The van der Waals surface area contributed by atoms with Gasteiger partial charge >= 0.3 is 0 Å². The summed E-state index contributed by atoms with van der Waals surface area (Å²) < 4.78 is 4.82. The molecule has 0 aromatic heterocycles. The molecule has 1 aliphatic rings. The molecule has 0 aliphatic carbocycles. The van der Waals surface area contributed by atoms with E-state index in [0.717, 1.165) is 0 Å². The number of carbonyl (C=O) groups excluding carboxylic acids is 1. The second-order valence-electron chi connectivity index (χ2n) is 2.67. The maximum Gasteiger partial charge on any atom is 0.189 e. The first-order valence-electron chi connectivity index (χ1n) is 3.71. The third-order valence-electron chi connectivity index (χ3n) is 1.90. The maximum absolute atomic E-state index is 11.2. The third kappa shape index (κ3) is 1.03. The van der Waals surface area contributed by atoms with Gasteiger partial charge in [0.05, 0.1) is 0 Å². The summed E-state index contributed by atoms with van der Waals surface area (Å²) in [6.07, 6.45) is -0.945. The number of hydrogen-bond donors (Lipinski definition) is 1. The van der Waals surface area contributed by atoms with Crippen molar-refractivity contribution in [3.05, 3.63) is 35.4 Å². The van der Waals surface area contributed by atoms with Gasteiger partial charge in [0.25, 0.3) is 0 Å². The van der Waals surface area contributed by atoms with Gasteiger partial charge in [-0.3, -0.25) is 4.79 Å². The van der Waals surface area contributed by atoms with Gasteiger partial charge in [-0.15, -0.1) is 0 Å². The van der Waals surface area contributed by atoms with E-state index in [2.05, 4.69) is 0 Å². The summed E-state index contributed by atoms with van der Waals surface area (Å²) in [4.78, 5) is 11.2. The molecule has 3 heteroatoms. The summed E-state index contributed by atoms with van der Waals surface area (Å²) in [5.41, 5.74) is 1.13. The molecule has 0 saturated carbocycles. The summed E-state index contributed by atoms with van der Waals surface area (Å²) >= 11 is 0. The van der Waals surface area contributed by atoms with E-state index < -0.39 is 6.29 Å². The Balaban J connectivity index is 2.55. The molecule has 2 rings (SSSR count). The summed E-state index contributed by atoms with van der Waals surface area (Å²) in [5.74, 6) is -0.0732.